The van der Waals surface area contributed by atoms with Gasteiger partial charge in [-0.1, -0.05) is 6.07 Å². The van der Waals surface area contributed by atoms with E-state index in [1.165, 1.54) is 0 Å². The van der Waals surface area contributed by atoms with Crippen LogP contribution in [-0.2, 0) is 4.74 Å². The van der Waals surface area contributed by atoms with Gasteiger partial charge < -0.3 is 4.74 Å². The second-order valence-corrected chi connectivity index (χ2v) is 3.46. The normalized spacial score (nSPS) is 22.1. The average molecular weight is 185 g/mol. The minimum atomic E-state index is -0.460. The number of alkyl halides is 1. The van der Waals surface area contributed by atoms with E-state index in [0.29, 0.717) is 12.4 Å². The highest BCUT2D eigenvalue weighted by Gasteiger charge is 2.20. The summed E-state index contributed by atoms with van der Waals surface area (Å²) in [6.45, 7) is -0.0118. The number of hydrogen-bond donors (Lipinski definition) is 0. The molecule has 4 heteroatoms. The Labute approximate surface area is 73.7 Å². The maximum absolute atomic E-state index is 12.1. The zero-order valence-corrected chi connectivity index (χ0v) is 7.18. The zero-order valence-electron chi connectivity index (χ0n) is 6.37. The van der Waals surface area contributed by atoms with Crippen molar-refractivity contribution in [2.75, 3.05) is 13.2 Å². The van der Waals surface area contributed by atoms with E-state index < -0.39 is 6.67 Å². The lowest BCUT2D eigenvalue weighted by Crippen LogP contribution is -2.14. The molecular formula is C8H8FNOS. The van der Waals surface area contributed by atoms with Crippen LogP contribution in [0.1, 0.15) is 4.88 Å². The van der Waals surface area contributed by atoms with E-state index in [1.54, 1.807) is 11.3 Å². The largest absolute Gasteiger partial charge is 0.469 e. The third-order valence-corrected chi connectivity index (χ3v) is 2.48. The lowest BCUT2D eigenvalue weighted by atomic mass is 10.4. The summed E-state index contributed by atoms with van der Waals surface area (Å²) in [7, 11) is 0. The summed E-state index contributed by atoms with van der Waals surface area (Å²) in [5.74, 6) is 0.590. The first-order valence-corrected chi connectivity index (χ1v) is 4.59. The summed E-state index contributed by atoms with van der Waals surface area (Å²) in [6, 6.07) is 3.85. The minimum Gasteiger partial charge on any atom is -0.469 e. The molecule has 0 radical (unpaired) electrons. The van der Waals surface area contributed by atoms with Crippen molar-refractivity contribution in [3.63, 3.8) is 0 Å². The number of thiophene rings is 1. The highest BCUT2D eigenvalue weighted by Crippen LogP contribution is 2.16. The molecule has 0 spiro atoms. The number of rotatable bonds is 2. The molecule has 2 heterocycles. The Morgan fingerprint density at radius 1 is 1.75 bits per heavy atom. The molecule has 2 nitrogen and oxygen atoms in total. The van der Waals surface area contributed by atoms with E-state index >= 15 is 0 Å². The Morgan fingerprint density at radius 3 is 3.25 bits per heavy atom. The molecule has 64 valence electrons. The molecule has 1 unspecified atom stereocenters. The van der Waals surface area contributed by atoms with Crippen LogP contribution in [0.4, 0.5) is 4.39 Å². The fourth-order valence-corrected chi connectivity index (χ4v) is 1.71. The highest BCUT2D eigenvalue weighted by atomic mass is 32.1. The van der Waals surface area contributed by atoms with E-state index in [1.807, 2.05) is 17.5 Å². The second-order valence-electron chi connectivity index (χ2n) is 2.52. The van der Waals surface area contributed by atoms with Crippen molar-refractivity contribution in [2.45, 2.75) is 6.10 Å². The van der Waals surface area contributed by atoms with Crippen LogP contribution in [-0.4, -0.2) is 25.2 Å². The number of aliphatic imine (C=N–C) groups is 1. The topological polar surface area (TPSA) is 21.6 Å². The molecule has 0 bridgehead atoms. The Kier molecular flexibility index (Phi) is 2.08. The Hall–Kier alpha value is -0.900. The van der Waals surface area contributed by atoms with Crippen LogP contribution in [0, 0.1) is 0 Å². The van der Waals surface area contributed by atoms with Crippen molar-refractivity contribution < 1.29 is 9.13 Å². The maximum Gasteiger partial charge on any atom is 0.227 e. The van der Waals surface area contributed by atoms with Crippen molar-refractivity contribution in [1.29, 1.82) is 0 Å². The molecule has 1 aromatic heterocycles. The lowest BCUT2D eigenvalue weighted by molar-refractivity contribution is 0.184. The van der Waals surface area contributed by atoms with Gasteiger partial charge in [-0.25, -0.2) is 9.38 Å². The van der Waals surface area contributed by atoms with Crippen molar-refractivity contribution in [2.24, 2.45) is 4.99 Å². The smallest absolute Gasteiger partial charge is 0.227 e. The van der Waals surface area contributed by atoms with Crippen molar-refractivity contribution in [3.05, 3.63) is 22.4 Å². The Morgan fingerprint density at radius 2 is 2.67 bits per heavy atom. The van der Waals surface area contributed by atoms with Gasteiger partial charge in [0, 0.05) is 0 Å². The van der Waals surface area contributed by atoms with Gasteiger partial charge in [0.2, 0.25) is 5.90 Å². The highest BCUT2D eigenvalue weighted by molar-refractivity contribution is 7.12. The minimum absolute atomic E-state index is 0.359. The quantitative estimate of drug-likeness (QED) is 0.689. The van der Waals surface area contributed by atoms with Crippen LogP contribution in [0.5, 0.6) is 0 Å². The average Bonchev–Trinajstić information content (AvgIpc) is 2.75. The predicted octanol–water partition coefficient (Wildman–Crippen LogP) is 1.86. The fourth-order valence-electron chi connectivity index (χ4n) is 1.03. The van der Waals surface area contributed by atoms with Gasteiger partial charge in [0.05, 0.1) is 11.4 Å². The third-order valence-electron chi connectivity index (χ3n) is 1.62. The molecule has 0 amide bonds. The summed E-state index contributed by atoms with van der Waals surface area (Å²) >= 11 is 1.55. The van der Waals surface area contributed by atoms with E-state index in [-0.39, 0.29) is 6.10 Å². The molecule has 1 aliphatic heterocycles. The van der Waals surface area contributed by atoms with Gasteiger partial charge in [0.1, 0.15) is 12.8 Å². The molecule has 1 aliphatic rings. The molecule has 0 N–H and O–H groups in total. The predicted molar refractivity (Wildman–Crippen MR) is 46.6 cm³/mol. The first-order valence-electron chi connectivity index (χ1n) is 3.71. The molecule has 0 fully saturated rings. The summed E-state index contributed by atoms with van der Waals surface area (Å²) < 4.78 is 17.4. The Balaban J connectivity index is 2.09. The van der Waals surface area contributed by atoms with E-state index in [2.05, 4.69) is 4.99 Å². The molecule has 1 atom stereocenters. The summed E-state index contributed by atoms with van der Waals surface area (Å²) in [5.41, 5.74) is 0. The summed E-state index contributed by atoms with van der Waals surface area (Å²) in [6.07, 6.45) is -0.359. The standard InChI is InChI=1S/C8H8FNOS/c9-4-6-5-10-8(11-6)7-2-1-3-12-7/h1-3,6H,4-5H2. The second kappa shape index (κ2) is 3.23. The van der Waals surface area contributed by atoms with Gasteiger partial charge in [-0.15, -0.1) is 11.3 Å². The first-order chi connectivity index (χ1) is 5.90. The molecule has 0 saturated carbocycles. The van der Waals surface area contributed by atoms with Crippen molar-refractivity contribution >= 4 is 17.2 Å². The van der Waals surface area contributed by atoms with Crippen LogP contribution in [0.2, 0.25) is 0 Å². The first kappa shape index (κ1) is 7.73. The van der Waals surface area contributed by atoms with Gasteiger partial charge in [0.25, 0.3) is 0 Å². The molecule has 12 heavy (non-hydrogen) atoms. The zero-order chi connectivity index (χ0) is 8.39. The van der Waals surface area contributed by atoms with Crippen LogP contribution >= 0.6 is 11.3 Å². The SMILES string of the molecule is FCC1CN=C(c2cccs2)O1. The molecule has 0 aliphatic carbocycles. The number of ether oxygens (including phenoxy) is 1. The van der Waals surface area contributed by atoms with Gasteiger partial charge in [-0.3, -0.25) is 0 Å². The van der Waals surface area contributed by atoms with Gasteiger partial charge in [0.15, 0.2) is 0 Å². The number of nitrogens with zero attached hydrogens (tertiary/aromatic N) is 1. The van der Waals surface area contributed by atoms with Crippen LogP contribution in [0.25, 0.3) is 0 Å². The number of hydrogen-bond acceptors (Lipinski definition) is 3. The monoisotopic (exact) mass is 185 g/mol. The van der Waals surface area contributed by atoms with Gasteiger partial charge in [-0.2, -0.15) is 0 Å². The van der Waals surface area contributed by atoms with Crippen LogP contribution in [0.15, 0.2) is 22.5 Å². The van der Waals surface area contributed by atoms with Crippen LogP contribution < -0.4 is 0 Å². The number of halogens is 1. The summed E-state index contributed by atoms with van der Waals surface area (Å²) in [4.78, 5) is 5.07. The molecule has 2 rings (SSSR count). The van der Waals surface area contributed by atoms with Crippen molar-refractivity contribution in [1.82, 2.24) is 0 Å². The van der Waals surface area contributed by atoms with Gasteiger partial charge >= 0.3 is 0 Å². The van der Waals surface area contributed by atoms with Crippen molar-refractivity contribution in [3.8, 4) is 0 Å². The molecule has 0 aromatic carbocycles. The third kappa shape index (κ3) is 1.34. The lowest BCUT2D eigenvalue weighted by Gasteiger charge is -2.04. The fraction of sp³-hybridized carbons (Fsp3) is 0.375. The van der Waals surface area contributed by atoms with E-state index in [0.717, 1.165) is 4.88 Å². The van der Waals surface area contributed by atoms with E-state index in [4.69, 9.17) is 4.74 Å². The van der Waals surface area contributed by atoms with E-state index in [9.17, 15) is 4.39 Å². The van der Waals surface area contributed by atoms with Crippen LogP contribution in [0.3, 0.4) is 0 Å². The Bertz CT molecular complexity index is 283. The molecule has 1 aromatic rings. The maximum atomic E-state index is 12.1. The summed E-state index contributed by atoms with van der Waals surface area (Å²) in [5, 5.41) is 1.95. The van der Waals surface area contributed by atoms with Gasteiger partial charge in [-0.05, 0) is 11.4 Å². The molecule has 0 saturated heterocycles. The molecular weight excluding hydrogens is 177 g/mol.